The number of alkyl halides is 3. The topological polar surface area (TPSA) is 21.3 Å². The van der Waals surface area contributed by atoms with Crippen LogP contribution in [0.15, 0.2) is 48.5 Å². The Morgan fingerprint density at radius 1 is 1.09 bits per heavy atom. The van der Waals surface area contributed by atoms with E-state index in [0.29, 0.717) is 12.2 Å². The largest absolute Gasteiger partial charge is 0.489 e. The average molecular weight is 323 g/mol. The van der Waals surface area contributed by atoms with Crippen LogP contribution in [0.25, 0.3) is 0 Å². The normalized spacial score (nSPS) is 12.7. The highest BCUT2D eigenvalue weighted by Crippen LogP contribution is 2.30. The lowest BCUT2D eigenvalue weighted by atomic mass is 10.2. The van der Waals surface area contributed by atoms with E-state index < -0.39 is 11.7 Å². The van der Waals surface area contributed by atoms with E-state index in [4.69, 9.17) is 4.74 Å². The molecular formula is C18H20F3NO. The molecule has 1 atom stereocenters. The van der Waals surface area contributed by atoms with E-state index in [1.165, 1.54) is 6.07 Å². The molecule has 0 saturated heterocycles. The maximum Gasteiger partial charge on any atom is 0.416 e. The van der Waals surface area contributed by atoms with Gasteiger partial charge in [-0.05, 0) is 43.7 Å². The van der Waals surface area contributed by atoms with Crippen LogP contribution < -0.4 is 10.1 Å². The predicted molar refractivity (Wildman–Crippen MR) is 85.8 cm³/mol. The molecule has 0 aliphatic heterocycles. The first-order valence-corrected chi connectivity index (χ1v) is 7.53. The summed E-state index contributed by atoms with van der Waals surface area (Å²) >= 11 is 0. The lowest BCUT2D eigenvalue weighted by Gasteiger charge is -2.19. The van der Waals surface area contributed by atoms with Crippen LogP contribution >= 0.6 is 0 Å². The van der Waals surface area contributed by atoms with Gasteiger partial charge in [0, 0.05) is 5.69 Å². The first-order valence-electron chi connectivity index (χ1n) is 7.53. The fourth-order valence-corrected chi connectivity index (χ4v) is 2.12. The van der Waals surface area contributed by atoms with Gasteiger partial charge in [-0.15, -0.1) is 0 Å². The highest BCUT2D eigenvalue weighted by molar-refractivity contribution is 5.46. The SMILES string of the molecule is CCC(CNc1cccc(C(F)(F)F)c1)Oc1ccc(C)cc1. The standard InChI is InChI=1S/C18H20F3NO/c1-3-16(23-17-9-7-13(2)8-10-17)12-22-15-6-4-5-14(11-15)18(19,20)21/h4-11,16,22H,3,12H2,1-2H3. The summed E-state index contributed by atoms with van der Waals surface area (Å²) in [5.74, 6) is 0.758. The number of ether oxygens (including phenoxy) is 1. The summed E-state index contributed by atoms with van der Waals surface area (Å²) in [6.07, 6.45) is -3.70. The van der Waals surface area contributed by atoms with E-state index >= 15 is 0 Å². The molecule has 2 aromatic carbocycles. The third-order valence-corrected chi connectivity index (χ3v) is 3.50. The molecule has 0 fully saturated rings. The van der Waals surface area contributed by atoms with E-state index in [1.54, 1.807) is 6.07 Å². The van der Waals surface area contributed by atoms with Crippen LogP contribution in [0.4, 0.5) is 18.9 Å². The van der Waals surface area contributed by atoms with Crippen molar-refractivity contribution in [2.45, 2.75) is 32.5 Å². The number of anilines is 1. The van der Waals surface area contributed by atoms with Crippen LogP contribution in [0.1, 0.15) is 24.5 Å². The van der Waals surface area contributed by atoms with Crippen molar-refractivity contribution < 1.29 is 17.9 Å². The fourth-order valence-electron chi connectivity index (χ4n) is 2.12. The van der Waals surface area contributed by atoms with Gasteiger partial charge < -0.3 is 10.1 Å². The van der Waals surface area contributed by atoms with Gasteiger partial charge in [-0.3, -0.25) is 0 Å². The van der Waals surface area contributed by atoms with Crippen molar-refractivity contribution in [2.75, 3.05) is 11.9 Å². The molecule has 0 radical (unpaired) electrons. The number of hydrogen-bond donors (Lipinski definition) is 1. The van der Waals surface area contributed by atoms with Crippen LogP contribution in [-0.4, -0.2) is 12.6 Å². The highest BCUT2D eigenvalue weighted by Gasteiger charge is 2.30. The second-order valence-corrected chi connectivity index (χ2v) is 5.42. The smallest absolute Gasteiger partial charge is 0.416 e. The van der Waals surface area contributed by atoms with Crippen molar-refractivity contribution in [3.05, 3.63) is 59.7 Å². The van der Waals surface area contributed by atoms with Crippen molar-refractivity contribution in [1.82, 2.24) is 0 Å². The minimum atomic E-state index is -4.33. The first-order chi connectivity index (χ1) is 10.9. The van der Waals surface area contributed by atoms with Crippen LogP contribution in [0.3, 0.4) is 0 Å². The predicted octanol–water partition coefficient (Wildman–Crippen LogP) is 5.28. The molecule has 0 spiro atoms. The molecular weight excluding hydrogens is 303 g/mol. The van der Waals surface area contributed by atoms with E-state index in [1.807, 2.05) is 38.1 Å². The van der Waals surface area contributed by atoms with Crippen LogP contribution in [0.5, 0.6) is 5.75 Å². The van der Waals surface area contributed by atoms with E-state index in [2.05, 4.69) is 5.32 Å². The van der Waals surface area contributed by atoms with Crippen molar-refractivity contribution >= 4 is 5.69 Å². The number of hydrogen-bond acceptors (Lipinski definition) is 2. The van der Waals surface area contributed by atoms with Gasteiger partial charge in [0.15, 0.2) is 0 Å². The van der Waals surface area contributed by atoms with Gasteiger partial charge in [0.1, 0.15) is 11.9 Å². The molecule has 0 aliphatic rings. The van der Waals surface area contributed by atoms with Crippen molar-refractivity contribution in [3.8, 4) is 5.75 Å². The van der Waals surface area contributed by atoms with Gasteiger partial charge in [0.2, 0.25) is 0 Å². The molecule has 2 rings (SSSR count). The monoisotopic (exact) mass is 323 g/mol. The van der Waals surface area contributed by atoms with Gasteiger partial charge >= 0.3 is 6.18 Å². The second kappa shape index (κ2) is 7.40. The van der Waals surface area contributed by atoms with Crippen LogP contribution in [0.2, 0.25) is 0 Å². The van der Waals surface area contributed by atoms with E-state index in [0.717, 1.165) is 29.9 Å². The molecule has 0 bridgehead atoms. The van der Waals surface area contributed by atoms with Gasteiger partial charge in [0.25, 0.3) is 0 Å². The first kappa shape index (κ1) is 17.2. The molecule has 23 heavy (non-hydrogen) atoms. The van der Waals surface area contributed by atoms with Gasteiger partial charge in [-0.2, -0.15) is 13.2 Å². The number of aryl methyl sites for hydroxylation is 1. The zero-order valence-electron chi connectivity index (χ0n) is 13.2. The summed E-state index contributed by atoms with van der Waals surface area (Å²) in [6, 6.07) is 12.9. The van der Waals surface area contributed by atoms with Crippen molar-refractivity contribution in [2.24, 2.45) is 0 Å². The Hall–Kier alpha value is -2.17. The minimum Gasteiger partial charge on any atom is -0.489 e. The second-order valence-electron chi connectivity index (χ2n) is 5.42. The van der Waals surface area contributed by atoms with Gasteiger partial charge in [-0.25, -0.2) is 0 Å². The number of halogens is 3. The maximum atomic E-state index is 12.7. The summed E-state index contributed by atoms with van der Waals surface area (Å²) in [5.41, 5.74) is 0.924. The van der Waals surface area contributed by atoms with Crippen molar-refractivity contribution in [3.63, 3.8) is 0 Å². The summed E-state index contributed by atoms with van der Waals surface area (Å²) < 4.78 is 44.0. The lowest BCUT2D eigenvalue weighted by molar-refractivity contribution is -0.137. The molecule has 1 unspecified atom stereocenters. The maximum absolute atomic E-state index is 12.7. The Labute approximate surface area is 134 Å². The third-order valence-electron chi connectivity index (χ3n) is 3.50. The molecule has 5 heteroatoms. The molecule has 2 aromatic rings. The summed E-state index contributed by atoms with van der Waals surface area (Å²) in [6.45, 7) is 4.41. The molecule has 0 aromatic heterocycles. The fraction of sp³-hybridized carbons (Fsp3) is 0.333. The molecule has 0 heterocycles. The molecule has 124 valence electrons. The van der Waals surface area contributed by atoms with E-state index in [9.17, 15) is 13.2 Å². The summed E-state index contributed by atoms with van der Waals surface area (Å²) in [5, 5.41) is 3.01. The number of nitrogens with one attached hydrogen (secondary N) is 1. The third kappa shape index (κ3) is 5.20. The van der Waals surface area contributed by atoms with Crippen LogP contribution in [0, 0.1) is 6.92 Å². The molecule has 2 nitrogen and oxygen atoms in total. The summed E-state index contributed by atoms with van der Waals surface area (Å²) in [7, 11) is 0. The Bertz CT molecular complexity index is 623. The Morgan fingerprint density at radius 2 is 1.78 bits per heavy atom. The quantitative estimate of drug-likeness (QED) is 0.780. The Morgan fingerprint density at radius 3 is 2.39 bits per heavy atom. The molecule has 0 amide bonds. The van der Waals surface area contributed by atoms with Gasteiger partial charge in [0.05, 0.1) is 12.1 Å². The number of rotatable bonds is 6. The minimum absolute atomic E-state index is 0.118. The summed E-state index contributed by atoms with van der Waals surface area (Å²) in [4.78, 5) is 0. The Balaban J connectivity index is 1.96. The number of benzene rings is 2. The Kier molecular flexibility index (Phi) is 5.53. The molecule has 0 aliphatic carbocycles. The van der Waals surface area contributed by atoms with Crippen LogP contribution in [-0.2, 0) is 6.18 Å². The van der Waals surface area contributed by atoms with E-state index in [-0.39, 0.29) is 6.10 Å². The highest BCUT2D eigenvalue weighted by atomic mass is 19.4. The average Bonchev–Trinajstić information content (AvgIpc) is 2.53. The molecule has 1 N–H and O–H groups in total. The van der Waals surface area contributed by atoms with Gasteiger partial charge in [-0.1, -0.05) is 30.7 Å². The van der Waals surface area contributed by atoms with Crippen molar-refractivity contribution in [1.29, 1.82) is 0 Å². The lowest BCUT2D eigenvalue weighted by Crippen LogP contribution is -2.25. The zero-order valence-corrected chi connectivity index (χ0v) is 13.2. The zero-order chi connectivity index (χ0) is 16.9. The molecule has 0 saturated carbocycles.